The molecule has 3 rings (SSSR count). The molecule has 1 fully saturated rings. The summed E-state index contributed by atoms with van der Waals surface area (Å²) in [7, 11) is 0. The number of nitrogens with one attached hydrogen (secondary N) is 1. The Morgan fingerprint density at radius 3 is 2.96 bits per heavy atom. The number of esters is 1. The molecular formula is C21H21N3O3S. The lowest BCUT2D eigenvalue weighted by atomic mass is 10.1. The molecule has 1 saturated heterocycles. The van der Waals surface area contributed by atoms with Gasteiger partial charge in [0.15, 0.2) is 5.57 Å². The number of hydrogen-bond acceptors (Lipinski definition) is 5. The highest BCUT2D eigenvalue weighted by molar-refractivity contribution is 8.04. The molecule has 0 radical (unpaired) electrons. The number of nitrogens with zero attached hydrogens (tertiary/aromatic N) is 2. The van der Waals surface area contributed by atoms with Crippen molar-refractivity contribution in [3.8, 4) is 6.07 Å². The number of carbonyl (C=O) groups excluding carboxylic acids is 2. The minimum Gasteiger partial charge on any atom is -0.457 e. The van der Waals surface area contributed by atoms with E-state index in [0.29, 0.717) is 18.0 Å². The quantitative estimate of drug-likeness (QED) is 0.335. The van der Waals surface area contributed by atoms with Gasteiger partial charge in [-0.3, -0.25) is 4.79 Å². The molecular weight excluding hydrogens is 374 g/mol. The van der Waals surface area contributed by atoms with Gasteiger partial charge in [0.1, 0.15) is 17.7 Å². The Kier molecular flexibility index (Phi) is 6.22. The molecule has 1 aliphatic rings. The van der Waals surface area contributed by atoms with Crippen LogP contribution in [0.5, 0.6) is 0 Å². The van der Waals surface area contributed by atoms with Gasteiger partial charge in [0.25, 0.3) is 0 Å². The molecule has 0 saturated carbocycles. The zero-order chi connectivity index (χ0) is 20.1. The van der Waals surface area contributed by atoms with Crippen LogP contribution in [-0.4, -0.2) is 40.2 Å². The van der Waals surface area contributed by atoms with Crippen LogP contribution in [0.3, 0.4) is 0 Å². The van der Waals surface area contributed by atoms with Gasteiger partial charge in [-0.2, -0.15) is 5.26 Å². The van der Waals surface area contributed by atoms with Gasteiger partial charge in [-0.1, -0.05) is 42.6 Å². The third kappa shape index (κ3) is 3.82. The van der Waals surface area contributed by atoms with Crippen molar-refractivity contribution >= 4 is 34.5 Å². The fourth-order valence-electron chi connectivity index (χ4n) is 3.21. The van der Waals surface area contributed by atoms with Gasteiger partial charge in [0.2, 0.25) is 5.91 Å². The number of thioether (sulfide) groups is 1. The molecule has 2 heterocycles. The number of amides is 1. The first kappa shape index (κ1) is 19.8. The molecule has 144 valence electrons. The number of nitriles is 1. The van der Waals surface area contributed by atoms with Gasteiger partial charge in [-0.05, 0) is 31.4 Å². The Hall–Kier alpha value is -2.98. The number of aromatic nitrogens is 1. The van der Waals surface area contributed by atoms with E-state index in [9.17, 15) is 14.9 Å². The first-order valence-electron chi connectivity index (χ1n) is 9.06. The van der Waals surface area contributed by atoms with Crippen LogP contribution in [0.2, 0.25) is 0 Å². The van der Waals surface area contributed by atoms with E-state index in [-0.39, 0.29) is 23.3 Å². The van der Waals surface area contributed by atoms with E-state index < -0.39 is 5.97 Å². The number of aromatic amines is 1. The van der Waals surface area contributed by atoms with Crippen LogP contribution in [0.4, 0.5) is 0 Å². The van der Waals surface area contributed by atoms with Crippen molar-refractivity contribution in [3.05, 3.63) is 59.3 Å². The van der Waals surface area contributed by atoms with Gasteiger partial charge in [-0.25, -0.2) is 4.79 Å². The Bertz CT molecular complexity index is 986. The summed E-state index contributed by atoms with van der Waals surface area (Å²) in [6, 6.07) is 9.94. The fraction of sp³-hybridized carbons (Fsp3) is 0.286. The van der Waals surface area contributed by atoms with Gasteiger partial charge in [0.05, 0.1) is 5.25 Å². The molecule has 1 aliphatic heterocycles. The molecule has 1 atom stereocenters. The highest BCUT2D eigenvalue weighted by Gasteiger charge is 2.39. The van der Waals surface area contributed by atoms with E-state index in [1.54, 1.807) is 0 Å². The van der Waals surface area contributed by atoms with Gasteiger partial charge < -0.3 is 14.6 Å². The average Bonchev–Trinajstić information content (AvgIpc) is 3.26. The maximum Gasteiger partial charge on any atom is 0.351 e. The first-order chi connectivity index (χ1) is 13.6. The Labute approximate surface area is 167 Å². The number of ether oxygens (including phenoxy) is 1. The fourth-order valence-corrected chi connectivity index (χ4v) is 4.54. The van der Waals surface area contributed by atoms with E-state index in [0.717, 1.165) is 22.9 Å². The molecule has 2 aromatic rings. The van der Waals surface area contributed by atoms with Crippen molar-refractivity contribution in [2.24, 2.45) is 0 Å². The first-order valence-corrected chi connectivity index (χ1v) is 9.94. The zero-order valence-corrected chi connectivity index (χ0v) is 16.4. The molecule has 1 aromatic heterocycles. The SMILES string of the molecule is C=CCOC(=O)/C(C#N)=C1\SC(CCc2c[nH]c3ccccc23)C(=O)N1CC. The van der Waals surface area contributed by atoms with E-state index in [1.165, 1.54) is 22.7 Å². The number of fused-ring (bicyclic) bond motifs is 1. The minimum absolute atomic E-state index is 0.0199. The number of aryl methyl sites for hydroxylation is 1. The summed E-state index contributed by atoms with van der Waals surface area (Å²) >= 11 is 1.27. The van der Waals surface area contributed by atoms with Crippen LogP contribution in [0.25, 0.3) is 10.9 Å². The Morgan fingerprint density at radius 2 is 2.25 bits per heavy atom. The molecule has 7 heteroatoms. The summed E-state index contributed by atoms with van der Waals surface area (Å²) in [6.45, 7) is 5.73. The number of para-hydroxylation sites is 1. The topological polar surface area (TPSA) is 86.2 Å². The third-order valence-electron chi connectivity index (χ3n) is 4.57. The molecule has 1 N–H and O–H groups in total. The molecule has 0 spiro atoms. The predicted octanol–water partition coefficient (Wildman–Crippen LogP) is 3.53. The summed E-state index contributed by atoms with van der Waals surface area (Å²) in [5, 5.41) is 10.6. The highest BCUT2D eigenvalue weighted by atomic mass is 32.2. The standard InChI is InChI=1S/C21H21N3O3S/c1-3-11-27-21(26)16(12-22)20-24(4-2)19(25)18(28-20)10-9-14-13-23-17-8-6-5-7-15(14)17/h3,5-8,13,18,23H,1,4,9-11H2,2H3/b20-16-. The second-order valence-corrected chi connectivity index (χ2v) is 7.46. The van der Waals surface area contributed by atoms with Crippen molar-refractivity contribution in [3.63, 3.8) is 0 Å². The molecule has 0 aliphatic carbocycles. The molecule has 1 aromatic carbocycles. The summed E-state index contributed by atoms with van der Waals surface area (Å²) in [6.07, 6.45) is 4.75. The largest absolute Gasteiger partial charge is 0.457 e. The van der Waals surface area contributed by atoms with Gasteiger partial charge >= 0.3 is 5.97 Å². The lowest BCUT2D eigenvalue weighted by Crippen LogP contribution is -2.29. The second kappa shape index (κ2) is 8.81. The number of H-pyrrole nitrogens is 1. The number of benzene rings is 1. The van der Waals surface area contributed by atoms with Crippen LogP contribution in [0.1, 0.15) is 18.9 Å². The average molecular weight is 395 g/mol. The monoisotopic (exact) mass is 395 g/mol. The number of carbonyl (C=O) groups is 2. The Morgan fingerprint density at radius 1 is 1.46 bits per heavy atom. The van der Waals surface area contributed by atoms with Crippen LogP contribution in [0, 0.1) is 11.3 Å². The molecule has 6 nitrogen and oxygen atoms in total. The summed E-state index contributed by atoms with van der Waals surface area (Å²) in [5.74, 6) is -0.806. The van der Waals surface area contributed by atoms with Gasteiger partial charge in [-0.15, -0.1) is 0 Å². The van der Waals surface area contributed by atoms with Crippen molar-refractivity contribution in [2.75, 3.05) is 13.2 Å². The zero-order valence-electron chi connectivity index (χ0n) is 15.6. The normalized spacial score (nSPS) is 18.2. The van der Waals surface area contributed by atoms with Crippen molar-refractivity contribution in [2.45, 2.75) is 25.0 Å². The van der Waals surface area contributed by atoms with E-state index in [1.807, 2.05) is 37.4 Å². The van der Waals surface area contributed by atoms with E-state index >= 15 is 0 Å². The number of hydrogen-bond donors (Lipinski definition) is 1. The van der Waals surface area contributed by atoms with Crippen molar-refractivity contribution in [1.82, 2.24) is 9.88 Å². The highest BCUT2D eigenvalue weighted by Crippen LogP contribution is 2.39. The van der Waals surface area contributed by atoms with Gasteiger partial charge in [0, 0.05) is 23.6 Å². The minimum atomic E-state index is -0.728. The van der Waals surface area contributed by atoms with E-state index in [2.05, 4.69) is 17.6 Å². The summed E-state index contributed by atoms with van der Waals surface area (Å²) < 4.78 is 4.99. The van der Waals surface area contributed by atoms with Crippen LogP contribution >= 0.6 is 11.8 Å². The Balaban J connectivity index is 1.79. The lowest BCUT2D eigenvalue weighted by molar-refractivity contribution is -0.137. The molecule has 28 heavy (non-hydrogen) atoms. The van der Waals surface area contributed by atoms with Crippen LogP contribution in [-0.2, 0) is 20.7 Å². The number of rotatable bonds is 7. The summed E-state index contributed by atoms with van der Waals surface area (Å²) in [4.78, 5) is 29.7. The second-order valence-electron chi connectivity index (χ2n) is 6.27. The third-order valence-corrected chi connectivity index (χ3v) is 5.94. The summed E-state index contributed by atoms with van der Waals surface area (Å²) in [5.41, 5.74) is 2.09. The maximum absolute atomic E-state index is 12.8. The van der Waals surface area contributed by atoms with Crippen LogP contribution in [0.15, 0.2) is 53.7 Å². The van der Waals surface area contributed by atoms with E-state index in [4.69, 9.17) is 4.74 Å². The predicted molar refractivity (Wildman–Crippen MR) is 109 cm³/mol. The molecule has 1 unspecified atom stereocenters. The van der Waals surface area contributed by atoms with Crippen molar-refractivity contribution in [1.29, 1.82) is 5.26 Å². The maximum atomic E-state index is 12.8. The lowest BCUT2D eigenvalue weighted by Gasteiger charge is -2.15. The molecule has 1 amide bonds. The van der Waals surface area contributed by atoms with Crippen molar-refractivity contribution < 1.29 is 14.3 Å². The smallest absolute Gasteiger partial charge is 0.351 e. The van der Waals surface area contributed by atoms with Crippen LogP contribution < -0.4 is 0 Å². The molecule has 0 bridgehead atoms.